The summed E-state index contributed by atoms with van der Waals surface area (Å²) < 4.78 is 5.52. The molecule has 94 valence electrons. The predicted octanol–water partition coefficient (Wildman–Crippen LogP) is 1.29. The fourth-order valence-electron chi connectivity index (χ4n) is 1.88. The molecule has 5 nitrogen and oxygen atoms in total. The van der Waals surface area contributed by atoms with E-state index in [0.29, 0.717) is 11.8 Å². The molecule has 1 aromatic heterocycles. The van der Waals surface area contributed by atoms with Crippen LogP contribution in [0.3, 0.4) is 0 Å². The number of anilines is 1. The van der Waals surface area contributed by atoms with Gasteiger partial charge in [-0.25, -0.2) is 9.97 Å². The van der Waals surface area contributed by atoms with Gasteiger partial charge in [-0.15, -0.1) is 0 Å². The second-order valence-electron chi connectivity index (χ2n) is 4.65. The van der Waals surface area contributed by atoms with E-state index >= 15 is 0 Å². The molecule has 1 atom stereocenters. The topological polar surface area (TPSA) is 59.1 Å². The molecule has 0 saturated carbocycles. The van der Waals surface area contributed by atoms with Crippen LogP contribution in [0.5, 0.6) is 5.88 Å². The minimum atomic E-state index is 0.136. The Morgan fingerprint density at radius 1 is 1.53 bits per heavy atom. The number of ether oxygens (including phenoxy) is 1. The van der Waals surface area contributed by atoms with Crippen LogP contribution in [0, 0.1) is 5.92 Å². The van der Waals surface area contributed by atoms with Crippen LogP contribution in [-0.2, 0) is 0 Å². The first-order valence-corrected chi connectivity index (χ1v) is 6.17. The van der Waals surface area contributed by atoms with Crippen LogP contribution in [0.25, 0.3) is 0 Å². The molecule has 1 saturated heterocycles. The highest BCUT2D eigenvalue weighted by molar-refractivity contribution is 5.37. The molecule has 1 aromatic rings. The van der Waals surface area contributed by atoms with Gasteiger partial charge in [-0.05, 0) is 39.3 Å². The minimum absolute atomic E-state index is 0.136. The van der Waals surface area contributed by atoms with Gasteiger partial charge >= 0.3 is 0 Å². The zero-order valence-corrected chi connectivity index (χ0v) is 10.4. The molecule has 5 heteroatoms. The third kappa shape index (κ3) is 3.85. The van der Waals surface area contributed by atoms with Crippen molar-refractivity contribution >= 4 is 5.82 Å². The molecule has 17 heavy (non-hydrogen) atoms. The van der Waals surface area contributed by atoms with E-state index in [2.05, 4.69) is 20.6 Å². The summed E-state index contributed by atoms with van der Waals surface area (Å²) >= 11 is 0. The van der Waals surface area contributed by atoms with Gasteiger partial charge in [0.05, 0.1) is 6.10 Å². The van der Waals surface area contributed by atoms with E-state index in [-0.39, 0.29) is 6.10 Å². The average Bonchev–Trinajstić information content (AvgIpc) is 2.79. The van der Waals surface area contributed by atoms with Crippen molar-refractivity contribution < 1.29 is 4.74 Å². The number of rotatable bonds is 5. The highest BCUT2D eigenvalue weighted by Crippen LogP contribution is 2.14. The number of aromatic nitrogens is 2. The first-order valence-electron chi connectivity index (χ1n) is 6.17. The van der Waals surface area contributed by atoms with Gasteiger partial charge in [-0.1, -0.05) is 0 Å². The van der Waals surface area contributed by atoms with Gasteiger partial charge in [0.1, 0.15) is 12.1 Å². The maximum Gasteiger partial charge on any atom is 0.218 e. The van der Waals surface area contributed by atoms with Crippen molar-refractivity contribution in [3.8, 4) is 5.88 Å². The van der Waals surface area contributed by atoms with Gasteiger partial charge in [0.25, 0.3) is 0 Å². The second kappa shape index (κ2) is 5.82. The molecule has 0 aromatic carbocycles. The van der Waals surface area contributed by atoms with Crippen LogP contribution in [0.4, 0.5) is 5.82 Å². The van der Waals surface area contributed by atoms with Crippen molar-refractivity contribution in [1.82, 2.24) is 15.3 Å². The quantitative estimate of drug-likeness (QED) is 0.806. The lowest BCUT2D eigenvalue weighted by Crippen LogP contribution is -2.17. The number of hydrogen-bond acceptors (Lipinski definition) is 5. The third-order valence-electron chi connectivity index (χ3n) is 2.73. The number of nitrogens with one attached hydrogen (secondary N) is 2. The van der Waals surface area contributed by atoms with E-state index in [1.165, 1.54) is 12.7 Å². The monoisotopic (exact) mass is 236 g/mol. The van der Waals surface area contributed by atoms with E-state index in [0.717, 1.165) is 25.5 Å². The van der Waals surface area contributed by atoms with Crippen molar-refractivity contribution in [2.24, 2.45) is 5.92 Å². The molecular formula is C12H20N4O. The summed E-state index contributed by atoms with van der Waals surface area (Å²) in [4.78, 5) is 8.26. The molecule has 0 bridgehead atoms. The highest BCUT2D eigenvalue weighted by Gasteiger charge is 2.14. The lowest BCUT2D eigenvalue weighted by atomic mass is 10.1. The fraction of sp³-hybridized carbons (Fsp3) is 0.667. The lowest BCUT2D eigenvalue weighted by molar-refractivity contribution is 0.232. The summed E-state index contributed by atoms with van der Waals surface area (Å²) in [6.45, 7) is 7.13. The largest absolute Gasteiger partial charge is 0.475 e. The standard InChI is InChI=1S/C12H20N4O/c1-9(2)17-12-5-11(15-8-16-12)14-7-10-3-4-13-6-10/h5,8-10,13H,3-4,6-7H2,1-2H3,(H,14,15,16). The molecule has 0 aliphatic carbocycles. The minimum Gasteiger partial charge on any atom is -0.475 e. The average molecular weight is 236 g/mol. The SMILES string of the molecule is CC(C)Oc1cc(NCC2CCNC2)ncn1. The molecule has 1 unspecified atom stereocenters. The third-order valence-corrected chi connectivity index (χ3v) is 2.73. The molecule has 0 spiro atoms. The maximum absolute atomic E-state index is 5.52. The van der Waals surface area contributed by atoms with Gasteiger partial charge in [-0.2, -0.15) is 0 Å². The number of hydrogen-bond donors (Lipinski definition) is 2. The van der Waals surface area contributed by atoms with Crippen LogP contribution in [-0.4, -0.2) is 35.7 Å². The Morgan fingerprint density at radius 3 is 3.12 bits per heavy atom. The summed E-state index contributed by atoms with van der Waals surface area (Å²) in [5.74, 6) is 2.16. The summed E-state index contributed by atoms with van der Waals surface area (Å²) in [6.07, 6.45) is 2.90. The van der Waals surface area contributed by atoms with E-state index in [9.17, 15) is 0 Å². The molecule has 2 rings (SSSR count). The zero-order chi connectivity index (χ0) is 12.1. The Kier molecular flexibility index (Phi) is 4.14. The molecule has 0 radical (unpaired) electrons. The van der Waals surface area contributed by atoms with Crippen molar-refractivity contribution in [1.29, 1.82) is 0 Å². The van der Waals surface area contributed by atoms with E-state index in [4.69, 9.17) is 4.74 Å². The first kappa shape index (κ1) is 12.1. The maximum atomic E-state index is 5.52. The Bertz CT molecular complexity index is 350. The Balaban J connectivity index is 1.86. The highest BCUT2D eigenvalue weighted by atomic mass is 16.5. The van der Waals surface area contributed by atoms with Crippen LogP contribution >= 0.6 is 0 Å². The Morgan fingerprint density at radius 2 is 2.41 bits per heavy atom. The van der Waals surface area contributed by atoms with Gasteiger partial charge in [0, 0.05) is 12.6 Å². The van der Waals surface area contributed by atoms with E-state index in [1.807, 2.05) is 19.9 Å². The smallest absolute Gasteiger partial charge is 0.218 e. The van der Waals surface area contributed by atoms with Crippen LogP contribution in [0.1, 0.15) is 20.3 Å². The van der Waals surface area contributed by atoms with Gasteiger partial charge in [0.2, 0.25) is 5.88 Å². The van der Waals surface area contributed by atoms with Gasteiger partial charge < -0.3 is 15.4 Å². The summed E-state index contributed by atoms with van der Waals surface area (Å²) in [6, 6.07) is 1.85. The fourth-order valence-corrected chi connectivity index (χ4v) is 1.88. The van der Waals surface area contributed by atoms with Crippen molar-refractivity contribution in [3.05, 3.63) is 12.4 Å². The molecule has 2 N–H and O–H groups in total. The summed E-state index contributed by atoms with van der Waals surface area (Å²) in [5, 5.41) is 6.68. The van der Waals surface area contributed by atoms with Crippen molar-refractivity contribution in [3.63, 3.8) is 0 Å². The van der Waals surface area contributed by atoms with E-state index < -0.39 is 0 Å². The van der Waals surface area contributed by atoms with Crippen molar-refractivity contribution in [2.45, 2.75) is 26.4 Å². The number of nitrogens with zero attached hydrogens (tertiary/aromatic N) is 2. The van der Waals surface area contributed by atoms with Crippen LogP contribution in [0.15, 0.2) is 12.4 Å². The normalized spacial score (nSPS) is 19.6. The first-order chi connectivity index (χ1) is 8.24. The van der Waals surface area contributed by atoms with Crippen LogP contribution < -0.4 is 15.4 Å². The Hall–Kier alpha value is -1.36. The van der Waals surface area contributed by atoms with Gasteiger partial charge in [-0.3, -0.25) is 0 Å². The van der Waals surface area contributed by atoms with E-state index in [1.54, 1.807) is 0 Å². The predicted molar refractivity (Wildman–Crippen MR) is 67.3 cm³/mol. The zero-order valence-electron chi connectivity index (χ0n) is 10.4. The molecule has 1 fully saturated rings. The second-order valence-corrected chi connectivity index (χ2v) is 4.65. The van der Waals surface area contributed by atoms with Gasteiger partial charge in [0.15, 0.2) is 0 Å². The molecule has 1 aliphatic heterocycles. The lowest BCUT2D eigenvalue weighted by Gasteiger charge is -2.12. The molecule has 2 heterocycles. The molecule has 1 aliphatic rings. The molecule has 0 amide bonds. The molecular weight excluding hydrogens is 216 g/mol. The van der Waals surface area contributed by atoms with Crippen molar-refractivity contribution in [2.75, 3.05) is 25.0 Å². The summed E-state index contributed by atoms with van der Waals surface area (Å²) in [7, 11) is 0. The van der Waals surface area contributed by atoms with Crippen LogP contribution in [0.2, 0.25) is 0 Å². The summed E-state index contributed by atoms with van der Waals surface area (Å²) in [5.41, 5.74) is 0. The Labute approximate surface area is 102 Å².